The van der Waals surface area contributed by atoms with E-state index in [1.807, 2.05) is 18.2 Å². The van der Waals surface area contributed by atoms with Crippen LogP contribution in [0.1, 0.15) is 18.5 Å². The fourth-order valence-corrected chi connectivity index (χ4v) is 2.07. The Morgan fingerprint density at radius 2 is 2.27 bits per heavy atom. The van der Waals surface area contributed by atoms with Crippen LogP contribution in [0.3, 0.4) is 0 Å². The molecule has 1 aliphatic rings. The van der Waals surface area contributed by atoms with Crippen molar-refractivity contribution >= 4 is 0 Å². The third-order valence-corrected chi connectivity index (χ3v) is 2.84. The molecule has 2 unspecified atom stereocenters. The normalized spacial score (nSPS) is 24.4. The summed E-state index contributed by atoms with van der Waals surface area (Å²) in [6.45, 7) is 3.72. The van der Waals surface area contributed by atoms with Crippen molar-refractivity contribution in [2.24, 2.45) is 5.92 Å². The molecule has 0 aliphatic carbocycles. The number of ether oxygens (including phenoxy) is 1. The molecular weight excluding hydrogens is 190 g/mol. The molecule has 0 saturated carbocycles. The van der Waals surface area contributed by atoms with E-state index in [-0.39, 0.29) is 18.6 Å². The zero-order chi connectivity index (χ0) is 10.7. The Hall–Kier alpha value is -1.06. The molecule has 1 aromatic carbocycles. The fourth-order valence-electron chi connectivity index (χ4n) is 2.07. The molecule has 0 radical (unpaired) electrons. The topological polar surface area (TPSA) is 41.5 Å². The molecule has 2 atom stereocenters. The van der Waals surface area contributed by atoms with Gasteiger partial charge in [-0.3, -0.25) is 0 Å². The first kappa shape index (κ1) is 10.5. The molecule has 0 fully saturated rings. The Bertz CT molecular complexity index is 327. The van der Waals surface area contributed by atoms with E-state index in [9.17, 15) is 5.11 Å². The van der Waals surface area contributed by atoms with Gasteiger partial charge in [0, 0.05) is 17.5 Å². The van der Waals surface area contributed by atoms with Crippen molar-refractivity contribution in [2.75, 3.05) is 19.8 Å². The average Bonchev–Trinajstić information content (AvgIpc) is 2.30. The maximum Gasteiger partial charge on any atom is 0.124 e. The monoisotopic (exact) mass is 207 g/mol. The van der Waals surface area contributed by atoms with Crippen molar-refractivity contribution in [1.29, 1.82) is 0 Å². The summed E-state index contributed by atoms with van der Waals surface area (Å²) in [7, 11) is 0. The number of hydrogen-bond donors (Lipinski definition) is 2. The summed E-state index contributed by atoms with van der Waals surface area (Å²) in [6.07, 6.45) is 0. The van der Waals surface area contributed by atoms with Crippen molar-refractivity contribution in [3.05, 3.63) is 29.8 Å². The van der Waals surface area contributed by atoms with Gasteiger partial charge in [-0.25, -0.2) is 0 Å². The Balaban J connectivity index is 2.29. The van der Waals surface area contributed by atoms with Gasteiger partial charge in [0.25, 0.3) is 0 Å². The maximum atomic E-state index is 9.29. The zero-order valence-corrected chi connectivity index (χ0v) is 8.94. The molecule has 2 rings (SSSR count). The molecule has 1 aromatic rings. The predicted molar refractivity (Wildman–Crippen MR) is 58.9 cm³/mol. The molecule has 82 valence electrons. The molecule has 0 bridgehead atoms. The summed E-state index contributed by atoms with van der Waals surface area (Å²) in [6, 6.07) is 8.23. The van der Waals surface area contributed by atoms with E-state index in [0.29, 0.717) is 6.61 Å². The van der Waals surface area contributed by atoms with Crippen LogP contribution in [0.4, 0.5) is 0 Å². The minimum absolute atomic E-state index is 0.153. The maximum absolute atomic E-state index is 9.29. The Morgan fingerprint density at radius 1 is 1.47 bits per heavy atom. The highest BCUT2D eigenvalue weighted by Gasteiger charge is 2.29. The van der Waals surface area contributed by atoms with Gasteiger partial charge in [-0.2, -0.15) is 0 Å². The summed E-state index contributed by atoms with van der Waals surface area (Å²) < 4.78 is 5.60. The zero-order valence-electron chi connectivity index (χ0n) is 8.94. The van der Waals surface area contributed by atoms with Crippen LogP contribution >= 0.6 is 0 Å². The number of hydrogen-bond acceptors (Lipinski definition) is 3. The van der Waals surface area contributed by atoms with Crippen LogP contribution in [0.15, 0.2) is 24.3 Å². The molecule has 0 saturated heterocycles. The SMILES string of the molecule is CCNC1c2ccccc2OCC1CO. The Morgan fingerprint density at radius 3 is 3.00 bits per heavy atom. The van der Waals surface area contributed by atoms with Crippen LogP contribution < -0.4 is 10.1 Å². The number of fused-ring (bicyclic) bond motifs is 1. The first-order chi connectivity index (χ1) is 7.36. The van der Waals surface area contributed by atoms with E-state index in [4.69, 9.17) is 4.74 Å². The third-order valence-electron chi connectivity index (χ3n) is 2.84. The van der Waals surface area contributed by atoms with Gasteiger partial charge in [0.15, 0.2) is 0 Å². The average molecular weight is 207 g/mol. The molecule has 3 nitrogen and oxygen atoms in total. The predicted octanol–water partition coefficient (Wildman–Crippen LogP) is 1.34. The molecular formula is C12H17NO2. The first-order valence-electron chi connectivity index (χ1n) is 5.42. The van der Waals surface area contributed by atoms with Crippen molar-refractivity contribution < 1.29 is 9.84 Å². The summed E-state index contributed by atoms with van der Waals surface area (Å²) in [5.74, 6) is 1.09. The largest absolute Gasteiger partial charge is 0.493 e. The van der Waals surface area contributed by atoms with Gasteiger partial charge in [-0.1, -0.05) is 25.1 Å². The van der Waals surface area contributed by atoms with Crippen LogP contribution in [-0.4, -0.2) is 24.9 Å². The smallest absolute Gasteiger partial charge is 0.124 e. The highest BCUT2D eigenvalue weighted by Crippen LogP contribution is 2.34. The van der Waals surface area contributed by atoms with Crippen LogP contribution in [0.5, 0.6) is 5.75 Å². The molecule has 0 aromatic heterocycles. The molecule has 3 heteroatoms. The number of para-hydroxylation sites is 1. The standard InChI is InChI=1S/C12H17NO2/c1-2-13-12-9(7-14)8-15-11-6-4-3-5-10(11)12/h3-6,9,12-14H,2,7-8H2,1H3. The number of nitrogens with one attached hydrogen (secondary N) is 1. The van der Waals surface area contributed by atoms with Crippen molar-refractivity contribution in [3.63, 3.8) is 0 Å². The minimum Gasteiger partial charge on any atom is -0.493 e. The van der Waals surface area contributed by atoms with E-state index in [0.717, 1.165) is 17.9 Å². The molecule has 2 N–H and O–H groups in total. The van der Waals surface area contributed by atoms with Gasteiger partial charge in [0.2, 0.25) is 0 Å². The summed E-state index contributed by atoms with van der Waals surface area (Å²) >= 11 is 0. The quantitative estimate of drug-likeness (QED) is 0.786. The second kappa shape index (κ2) is 4.64. The van der Waals surface area contributed by atoms with Gasteiger partial charge in [0.1, 0.15) is 5.75 Å². The summed E-state index contributed by atoms with van der Waals surface area (Å²) in [5.41, 5.74) is 1.16. The molecule has 0 spiro atoms. The Labute approximate surface area is 90.1 Å². The van der Waals surface area contributed by atoms with E-state index in [2.05, 4.69) is 18.3 Å². The number of benzene rings is 1. The summed E-state index contributed by atoms with van der Waals surface area (Å²) in [5, 5.41) is 12.7. The van der Waals surface area contributed by atoms with E-state index in [1.165, 1.54) is 0 Å². The summed E-state index contributed by atoms with van der Waals surface area (Å²) in [4.78, 5) is 0. The van der Waals surface area contributed by atoms with Crippen LogP contribution in [-0.2, 0) is 0 Å². The Kier molecular flexibility index (Phi) is 3.23. The van der Waals surface area contributed by atoms with Gasteiger partial charge in [-0.05, 0) is 12.6 Å². The molecule has 1 heterocycles. The lowest BCUT2D eigenvalue weighted by atomic mass is 9.91. The fraction of sp³-hybridized carbons (Fsp3) is 0.500. The van der Waals surface area contributed by atoms with Crippen LogP contribution in [0.2, 0.25) is 0 Å². The lowest BCUT2D eigenvalue weighted by Crippen LogP contribution is -2.37. The van der Waals surface area contributed by atoms with Crippen LogP contribution in [0, 0.1) is 5.92 Å². The van der Waals surface area contributed by atoms with Gasteiger partial charge >= 0.3 is 0 Å². The van der Waals surface area contributed by atoms with Crippen LogP contribution in [0.25, 0.3) is 0 Å². The van der Waals surface area contributed by atoms with Crippen molar-refractivity contribution in [1.82, 2.24) is 5.32 Å². The number of aliphatic hydroxyl groups excluding tert-OH is 1. The van der Waals surface area contributed by atoms with E-state index in [1.54, 1.807) is 0 Å². The van der Waals surface area contributed by atoms with Gasteiger partial charge < -0.3 is 15.2 Å². The van der Waals surface area contributed by atoms with Gasteiger partial charge in [-0.15, -0.1) is 0 Å². The second-order valence-electron chi connectivity index (χ2n) is 3.83. The molecule has 0 amide bonds. The molecule has 1 aliphatic heterocycles. The number of rotatable bonds is 3. The van der Waals surface area contributed by atoms with Crippen molar-refractivity contribution in [2.45, 2.75) is 13.0 Å². The second-order valence-corrected chi connectivity index (χ2v) is 3.83. The van der Waals surface area contributed by atoms with E-state index >= 15 is 0 Å². The third kappa shape index (κ3) is 1.98. The highest BCUT2D eigenvalue weighted by atomic mass is 16.5. The lowest BCUT2D eigenvalue weighted by molar-refractivity contribution is 0.112. The van der Waals surface area contributed by atoms with Gasteiger partial charge in [0.05, 0.1) is 13.2 Å². The lowest BCUT2D eigenvalue weighted by Gasteiger charge is -2.33. The molecule has 15 heavy (non-hydrogen) atoms. The number of aliphatic hydroxyl groups is 1. The van der Waals surface area contributed by atoms with Crippen molar-refractivity contribution in [3.8, 4) is 5.75 Å². The van der Waals surface area contributed by atoms with E-state index < -0.39 is 0 Å². The highest BCUT2D eigenvalue weighted by molar-refractivity contribution is 5.38. The minimum atomic E-state index is 0.153. The first-order valence-corrected chi connectivity index (χ1v) is 5.42.